The zero-order chi connectivity index (χ0) is 24.6. The first-order valence-corrected chi connectivity index (χ1v) is 11.8. The van der Waals surface area contributed by atoms with E-state index in [2.05, 4.69) is 26.3 Å². The molecular formula is C22H24BrF4N5O2. The Labute approximate surface area is 202 Å². The van der Waals surface area contributed by atoms with Crippen LogP contribution in [0.4, 0.5) is 28.0 Å². The number of anilines is 1. The minimum Gasteiger partial charge on any atom is -0.340 e. The van der Waals surface area contributed by atoms with Crippen molar-refractivity contribution in [2.24, 2.45) is 5.92 Å². The SMILES string of the molecule is CN1CC(CCCC(F)F)Cn2nc3c(c2C1=O)CN(C(=O)Nc1ccc(F)c(Br)c1F)CC3. The van der Waals surface area contributed by atoms with Crippen LogP contribution in [0.3, 0.4) is 0 Å². The van der Waals surface area contributed by atoms with Gasteiger partial charge in [0.15, 0.2) is 5.82 Å². The first kappa shape index (κ1) is 24.5. The number of hydrogen-bond acceptors (Lipinski definition) is 3. The molecule has 0 fully saturated rings. The van der Waals surface area contributed by atoms with Crippen molar-refractivity contribution in [2.75, 3.05) is 25.5 Å². The van der Waals surface area contributed by atoms with Gasteiger partial charge in [-0.2, -0.15) is 5.10 Å². The standard InChI is InChI=1S/C22H24BrF4N5O2/c1-30-9-12(3-2-4-17(25)26)10-32-20(21(30)33)13-11-31(8-7-15(13)29-32)22(34)28-16-6-5-14(24)18(23)19(16)27/h5-6,12,17H,2-4,7-11H2,1H3,(H,28,34). The van der Waals surface area contributed by atoms with E-state index in [9.17, 15) is 27.2 Å². The summed E-state index contributed by atoms with van der Waals surface area (Å²) in [6.45, 7) is 1.28. The van der Waals surface area contributed by atoms with Gasteiger partial charge < -0.3 is 15.1 Å². The number of benzene rings is 1. The first-order chi connectivity index (χ1) is 16.2. The highest BCUT2D eigenvalue weighted by molar-refractivity contribution is 9.10. The number of urea groups is 1. The third-order valence-electron chi connectivity index (χ3n) is 6.21. The summed E-state index contributed by atoms with van der Waals surface area (Å²) < 4.78 is 54.1. The van der Waals surface area contributed by atoms with Gasteiger partial charge in [-0.3, -0.25) is 9.48 Å². The Morgan fingerprint density at radius 2 is 2.06 bits per heavy atom. The maximum absolute atomic E-state index is 14.3. The smallest absolute Gasteiger partial charge is 0.322 e. The zero-order valence-corrected chi connectivity index (χ0v) is 20.0. The van der Waals surface area contributed by atoms with Gasteiger partial charge in [0.1, 0.15) is 11.5 Å². The van der Waals surface area contributed by atoms with Crippen LogP contribution in [0.1, 0.15) is 41.0 Å². The monoisotopic (exact) mass is 545 g/mol. The molecule has 12 heteroatoms. The maximum atomic E-state index is 14.3. The molecule has 1 unspecified atom stereocenters. The van der Waals surface area contributed by atoms with E-state index in [0.717, 1.165) is 12.1 Å². The number of amides is 3. The van der Waals surface area contributed by atoms with Crippen molar-refractivity contribution in [2.45, 2.75) is 45.2 Å². The van der Waals surface area contributed by atoms with Gasteiger partial charge in [-0.1, -0.05) is 0 Å². The molecule has 0 radical (unpaired) electrons. The van der Waals surface area contributed by atoms with E-state index in [0.29, 0.717) is 55.8 Å². The Hall–Kier alpha value is -2.63. The molecule has 184 valence electrons. The lowest BCUT2D eigenvalue weighted by atomic mass is 10.0. The molecule has 1 atom stereocenters. The molecule has 3 amide bonds. The van der Waals surface area contributed by atoms with Crippen molar-refractivity contribution < 1.29 is 27.2 Å². The molecule has 2 aliphatic heterocycles. The normalized spacial score (nSPS) is 18.1. The van der Waals surface area contributed by atoms with Gasteiger partial charge in [0.2, 0.25) is 6.43 Å². The summed E-state index contributed by atoms with van der Waals surface area (Å²) in [7, 11) is 1.67. The van der Waals surface area contributed by atoms with E-state index >= 15 is 0 Å². The van der Waals surface area contributed by atoms with Crippen LogP contribution in [-0.4, -0.2) is 58.1 Å². The zero-order valence-electron chi connectivity index (χ0n) is 18.5. The van der Waals surface area contributed by atoms with Crippen LogP contribution in [0.25, 0.3) is 0 Å². The van der Waals surface area contributed by atoms with Gasteiger partial charge in [-0.15, -0.1) is 0 Å². The number of halogens is 5. The molecule has 1 aromatic carbocycles. The maximum Gasteiger partial charge on any atom is 0.322 e. The fraction of sp³-hybridized carbons (Fsp3) is 0.500. The summed E-state index contributed by atoms with van der Waals surface area (Å²) >= 11 is 2.82. The van der Waals surface area contributed by atoms with Gasteiger partial charge in [0.05, 0.1) is 22.4 Å². The number of nitrogens with one attached hydrogen (secondary N) is 1. The van der Waals surface area contributed by atoms with Gasteiger partial charge in [0, 0.05) is 45.1 Å². The highest BCUT2D eigenvalue weighted by Gasteiger charge is 2.34. The highest BCUT2D eigenvalue weighted by Crippen LogP contribution is 2.30. The molecular weight excluding hydrogens is 522 g/mol. The second kappa shape index (κ2) is 9.93. The van der Waals surface area contributed by atoms with Crippen molar-refractivity contribution in [3.05, 3.63) is 45.2 Å². The Morgan fingerprint density at radius 3 is 2.79 bits per heavy atom. The first-order valence-electron chi connectivity index (χ1n) is 11.0. The van der Waals surface area contributed by atoms with Crippen LogP contribution in [0.5, 0.6) is 0 Å². The van der Waals surface area contributed by atoms with Crippen molar-refractivity contribution in [3.8, 4) is 0 Å². The lowest BCUT2D eigenvalue weighted by Crippen LogP contribution is -2.40. The quantitative estimate of drug-likeness (QED) is 0.439. The molecule has 34 heavy (non-hydrogen) atoms. The van der Waals surface area contributed by atoms with E-state index in [-0.39, 0.29) is 35.0 Å². The van der Waals surface area contributed by atoms with Crippen molar-refractivity contribution in [1.82, 2.24) is 19.6 Å². The van der Waals surface area contributed by atoms with E-state index in [1.165, 1.54) is 4.90 Å². The molecule has 7 nitrogen and oxygen atoms in total. The topological polar surface area (TPSA) is 70.5 Å². The molecule has 1 N–H and O–H groups in total. The second-order valence-electron chi connectivity index (χ2n) is 8.65. The summed E-state index contributed by atoms with van der Waals surface area (Å²) in [5.74, 6) is -1.94. The summed E-state index contributed by atoms with van der Waals surface area (Å²) in [5, 5.41) is 7.05. The number of hydrogen-bond donors (Lipinski definition) is 1. The number of aromatic nitrogens is 2. The van der Waals surface area contributed by atoms with E-state index in [1.54, 1.807) is 16.6 Å². The van der Waals surface area contributed by atoms with Crippen LogP contribution in [0, 0.1) is 17.6 Å². The number of alkyl halides is 2. The minimum absolute atomic E-state index is 0.00500. The average Bonchev–Trinajstić information content (AvgIpc) is 3.09. The van der Waals surface area contributed by atoms with Gasteiger partial charge in [-0.05, 0) is 46.8 Å². The van der Waals surface area contributed by atoms with Crippen LogP contribution >= 0.6 is 15.9 Å². The number of rotatable bonds is 5. The van der Waals surface area contributed by atoms with Crippen LogP contribution in [0.2, 0.25) is 0 Å². The highest BCUT2D eigenvalue weighted by atomic mass is 79.9. The summed E-state index contributed by atoms with van der Waals surface area (Å²) in [6, 6.07) is 1.60. The molecule has 2 aromatic rings. The van der Waals surface area contributed by atoms with Gasteiger partial charge in [0.25, 0.3) is 5.91 Å². The Bertz CT molecular complexity index is 1110. The fourth-order valence-corrected chi connectivity index (χ4v) is 4.83. The molecule has 0 aliphatic carbocycles. The summed E-state index contributed by atoms with van der Waals surface area (Å²) in [5.41, 5.74) is 1.57. The molecule has 0 spiro atoms. The fourth-order valence-electron chi connectivity index (χ4n) is 4.48. The largest absolute Gasteiger partial charge is 0.340 e. The molecule has 4 rings (SSSR count). The Morgan fingerprint density at radius 1 is 1.29 bits per heavy atom. The lowest BCUT2D eigenvalue weighted by molar-refractivity contribution is 0.0773. The van der Waals surface area contributed by atoms with Gasteiger partial charge >= 0.3 is 6.03 Å². The third kappa shape index (κ3) is 4.91. The van der Waals surface area contributed by atoms with Crippen molar-refractivity contribution >= 4 is 33.6 Å². The van der Waals surface area contributed by atoms with Crippen molar-refractivity contribution in [1.29, 1.82) is 0 Å². The predicted molar refractivity (Wildman–Crippen MR) is 120 cm³/mol. The molecule has 3 heterocycles. The average molecular weight is 546 g/mol. The van der Waals surface area contributed by atoms with E-state index < -0.39 is 24.1 Å². The van der Waals surface area contributed by atoms with Crippen LogP contribution < -0.4 is 5.32 Å². The molecule has 0 bridgehead atoms. The van der Waals surface area contributed by atoms with Crippen molar-refractivity contribution in [3.63, 3.8) is 0 Å². The molecule has 0 saturated carbocycles. The summed E-state index contributed by atoms with van der Waals surface area (Å²) in [6.07, 6.45) is -1.19. The lowest BCUT2D eigenvalue weighted by Gasteiger charge is -2.27. The Kier molecular flexibility index (Phi) is 7.15. The third-order valence-corrected chi connectivity index (χ3v) is 6.94. The molecule has 0 saturated heterocycles. The van der Waals surface area contributed by atoms with Gasteiger partial charge in [-0.25, -0.2) is 22.4 Å². The number of fused-ring (bicyclic) bond motifs is 3. The van der Waals surface area contributed by atoms with E-state index in [1.807, 2.05) is 0 Å². The van der Waals surface area contributed by atoms with Crippen LogP contribution in [0.15, 0.2) is 16.6 Å². The molecule has 1 aromatic heterocycles. The van der Waals surface area contributed by atoms with E-state index in [4.69, 9.17) is 0 Å². The summed E-state index contributed by atoms with van der Waals surface area (Å²) in [4.78, 5) is 28.9. The number of nitrogens with zero attached hydrogens (tertiary/aromatic N) is 4. The molecule has 2 aliphatic rings. The minimum atomic E-state index is -2.35. The Balaban J connectivity index is 1.52. The predicted octanol–water partition coefficient (Wildman–Crippen LogP) is 4.65. The number of carbonyl (C=O) groups is 2. The number of carbonyl (C=O) groups excluding carboxylic acids is 2. The van der Waals surface area contributed by atoms with Crippen LogP contribution in [-0.2, 0) is 19.5 Å². The second-order valence-corrected chi connectivity index (χ2v) is 9.45.